The molecule has 0 aromatic carbocycles. The Labute approximate surface area is 67.6 Å². The molecule has 0 saturated carbocycles. The monoisotopic (exact) mass is 157 g/mol. The molecule has 0 heterocycles. The molecule has 0 aliphatic carbocycles. The number of carbonyl (C=O) groups is 1. The number of ether oxygens (including phenoxy) is 1. The Morgan fingerprint density at radius 3 is 2.45 bits per heavy atom. The van der Waals surface area contributed by atoms with Crippen molar-refractivity contribution < 1.29 is 9.53 Å². The maximum atomic E-state index is 10.8. The number of hydrogen-bond donors (Lipinski definition) is 0. The smallest absolute Gasteiger partial charge is 0.331 e. The standard InChI is InChI=1S/C8H15NO2/c1-5-6-8(10)11-7(2)9(3)4/h5-7H,1-4H3. The number of nitrogens with zero attached hydrogens (tertiary/aromatic N) is 1. The first kappa shape index (κ1) is 10.2. The molecule has 0 N–H and O–H groups in total. The van der Waals surface area contributed by atoms with E-state index in [1.165, 1.54) is 6.08 Å². The second kappa shape index (κ2) is 4.91. The molecule has 3 heteroatoms. The lowest BCUT2D eigenvalue weighted by molar-refractivity contribution is -0.149. The Morgan fingerprint density at radius 1 is 1.55 bits per heavy atom. The Balaban J connectivity index is 3.75. The molecule has 0 aliphatic heterocycles. The summed E-state index contributed by atoms with van der Waals surface area (Å²) in [4.78, 5) is 12.6. The van der Waals surface area contributed by atoms with Crippen LogP contribution in [-0.2, 0) is 9.53 Å². The summed E-state index contributed by atoms with van der Waals surface area (Å²) in [5, 5.41) is 0. The van der Waals surface area contributed by atoms with Gasteiger partial charge in [0, 0.05) is 6.08 Å². The minimum absolute atomic E-state index is 0.168. The summed E-state index contributed by atoms with van der Waals surface area (Å²) in [6.45, 7) is 3.60. The Morgan fingerprint density at radius 2 is 2.09 bits per heavy atom. The molecule has 1 unspecified atom stereocenters. The van der Waals surface area contributed by atoms with Crippen molar-refractivity contribution in [3.05, 3.63) is 12.2 Å². The summed E-state index contributed by atoms with van der Waals surface area (Å²) in [7, 11) is 3.71. The third-order valence-electron chi connectivity index (χ3n) is 1.32. The van der Waals surface area contributed by atoms with E-state index in [1.807, 2.05) is 25.9 Å². The Bertz CT molecular complexity index is 152. The fourth-order valence-corrected chi connectivity index (χ4v) is 0.449. The van der Waals surface area contributed by atoms with Gasteiger partial charge in [-0.2, -0.15) is 0 Å². The highest BCUT2D eigenvalue weighted by Gasteiger charge is 2.07. The normalized spacial score (nSPS) is 13.9. The van der Waals surface area contributed by atoms with Gasteiger partial charge in [0.15, 0.2) is 6.23 Å². The first-order valence-corrected chi connectivity index (χ1v) is 3.57. The lowest BCUT2D eigenvalue weighted by Crippen LogP contribution is -2.29. The number of allylic oxidation sites excluding steroid dienone is 1. The largest absolute Gasteiger partial charge is 0.444 e. The van der Waals surface area contributed by atoms with Crippen molar-refractivity contribution in [2.24, 2.45) is 0 Å². The molecule has 0 saturated heterocycles. The zero-order chi connectivity index (χ0) is 8.85. The highest BCUT2D eigenvalue weighted by atomic mass is 16.6. The van der Waals surface area contributed by atoms with E-state index in [0.717, 1.165) is 0 Å². The van der Waals surface area contributed by atoms with Gasteiger partial charge in [-0.25, -0.2) is 4.79 Å². The van der Waals surface area contributed by atoms with Gasteiger partial charge in [-0.05, 0) is 27.9 Å². The van der Waals surface area contributed by atoms with Gasteiger partial charge in [-0.1, -0.05) is 6.08 Å². The van der Waals surface area contributed by atoms with Crippen molar-refractivity contribution >= 4 is 5.97 Å². The van der Waals surface area contributed by atoms with Crippen molar-refractivity contribution in [1.29, 1.82) is 0 Å². The molecule has 0 aromatic heterocycles. The molecule has 0 aromatic rings. The van der Waals surface area contributed by atoms with E-state index in [1.54, 1.807) is 13.0 Å². The molecule has 0 radical (unpaired) electrons. The van der Waals surface area contributed by atoms with Crippen molar-refractivity contribution in [3.63, 3.8) is 0 Å². The van der Waals surface area contributed by atoms with Gasteiger partial charge in [0.25, 0.3) is 0 Å². The average molecular weight is 157 g/mol. The topological polar surface area (TPSA) is 29.5 Å². The van der Waals surface area contributed by atoms with Crippen LogP contribution < -0.4 is 0 Å². The fourth-order valence-electron chi connectivity index (χ4n) is 0.449. The van der Waals surface area contributed by atoms with E-state index in [0.29, 0.717) is 0 Å². The minimum Gasteiger partial charge on any atom is -0.444 e. The van der Waals surface area contributed by atoms with Gasteiger partial charge in [-0.15, -0.1) is 0 Å². The van der Waals surface area contributed by atoms with Gasteiger partial charge >= 0.3 is 5.97 Å². The van der Waals surface area contributed by atoms with Crippen LogP contribution in [0.1, 0.15) is 13.8 Å². The van der Waals surface area contributed by atoms with E-state index < -0.39 is 0 Å². The van der Waals surface area contributed by atoms with Crippen molar-refractivity contribution in [1.82, 2.24) is 4.90 Å². The summed E-state index contributed by atoms with van der Waals surface area (Å²) in [6, 6.07) is 0. The fraction of sp³-hybridized carbons (Fsp3) is 0.625. The number of rotatable bonds is 3. The van der Waals surface area contributed by atoms with Gasteiger partial charge in [0.2, 0.25) is 0 Å². The molecule has 0 spiro atoms. The predicted octanol–water partition coefficient (Wildman–Crippen LogP) is 1.01. The maximum Gasteiger partial charge on any atom is 0.331 e. The van der Waals surface area contributed by atoms with Gasteiger partial charge in [-0.3, -0.25) is 4.90 Å². The number of carbonyl (C=O) groups excluding carboxylic acids is 1. The molecule has 1 atom stereocenters. The van der Waals surface area contributed by atoms with Crippen LogP contribution in [0.3, 0.4) is 0 Å². The first-order valence-electron chi connectivity index (χ1n) is 3.57. The summed E-state index contributed by atoms with van der Waals surface area (Å²) < 4.78 is 4.95. The molecule has 64 valence electrons. The third kappa shape index (κ3) is 4.56. The van der Waals surface area contributed by atoms with Crippen LogP contribution in [0.15, 0.2) is 12.2 Å². The number of esters is 1. The second-order valence-electron chi connectivity index (χ2n) is 2.50. The summed E-state index contributed by atoms with van der Waals surface area (Å²) in [5.74, 6) is -0.297. The van der Waals surface area contributed by atoms with E-state index in [2.05, 4.69) is 0 Å². The highest BCUT2D eigenvalue weighted by molar-refractivity contribution is 5.81. The zero-order valence-electron chi connectivity index (χ0n) is 7.50. The number of hydrogen-bond acceptors (Lipinski definition) is 3. The SMILES string of the molecule is CC=CC(=O)OC(C)N(C)C. The molecule has 0 fully saturated rings. The van der Waals surface area contributed by atoms with E-state index >= 15 is 0 Å². The molecular weight excluding hydrogens is 142 g/mol. The highest BCUT2D eigenvalue weighted by Crippen LogP contribution is 1.94. The summed E-state index contributed by atoms with van der Waals surface area (Å²) in [6.07, 6.45) is 2.89. The molecule has 3 nitrogen and oxygen atoms in total. The average Bonchev–Trinajstić information content (AvgIpc) is 1.87. The first-order chi connectivity index (χ1) is 5.07. The molecule has 0 aliphatic rings. The van der Waals surface area contributed by atoms with Crippen LogP contribution >= 0.6 is 0 Å². The van der Waals surface area contributed by atoms with Crippen molar-refractivity contribution in [2.45, 2.75) is 20.1 Å². The second-order valence-corrected chi connectivity index (χ2v) is 2.50. The zero-order valence-corrected chi connectivity index (χ0v) is 7.50. The lowest BCUT2D eigenvalue weighted by atomic mass is 10.5. The van der Waals surface area contributed by atoms with Crippen LogP contribution in [-0.4, -0.2) is 31.2 Å². The van der Waals surface area contributed by atoms with Crippen LogP contribution in [0.4, 0.5) is 0 Å². The van der Waals surface area contributed by atoms with E-state index in [9.17, 15) is 4.79 Å². The Hall–Kier alpha value is -0.830. The van der Waals surface area contributed by atoms with Gasteiger partial charge in [0.05, 0.1) is 0 Å². The van der Waals surface area contributed by atoms with Gasteiger partial charge in [0.1, 0.15) is 0 Å². The Kier molecular flexibility index (Phi) is 4.54. The van der Waals surface area contributed by atoms with Crippen molar-refractivity contribution in [3.8, 4) is 0 Å². The summed E-state index contributed by atoms with van der Waals surface area (Å²) in [5.41, 5.74) is 0. The van der Waals surface area contributed by atoms with Crippen molar-refractivity contribution in [2.75, 3.05) is 14.1 Å². The molecule has 0 rings (SSSR count). The molecular formula is C8H15NO2. The summed E-state index contributed by atoms with van der Waals surface area (Å²) >= 11 is 0. The van der Waals surface area contributed by atoms with Crippen LogP contribution in [0, 0.1) is 0 Å². The maximum absolute atomic E-state index is 10.8. The molecule has 0 bridgehead atoms. The predicted molar refractivity (Wildman–Crippen MR) is 44.1 cm³/mol. The minimum atomic E-state index is -0.297. The molecule has 0 amide bonds. The van der Waals surface area contributed by atoms with Crippen LogP contribution in [0.2, 0.25) is 0 Å². The lowest BCUT2D eigenvalue weighted by Gasteiger charge is -2.18. The molecule has 11 heavy (non-hydrogen) atoms. The van der Waals surface area contributed by atoms with E-state index in [4.69, 9.17) is 4.74 Å². The third-order valence-corrected chi connectivity index (χ3v) is 1.32. The van der Waals surface area contributed by atoms with E-state index in [-0.39, 0.29) is 12.2 Å². The van der Waals surface area contributed by atoms with Gasteiger partial charge < -0.3 is 4.74 Å². The van der Waals surface area contributed by atoms with Crippen LogP contribution in [0.5, 0.6) is 0 Å². The quantitative estimate of drug-likeness (QED) is 0.348. The van der Waals surface area contributed by atoms with Crippen LogP contribution in [0.25, 0.3) is 0 Å².